The third-order valence-corrected chi connectivity index (χ3v) is 3.67. The maximum atomic E-state index is 11.5. The Kier molecular flexibility index (Phi) is 5.75. The Bertz CT molecular complexity index is 366. The number of hydrogen-bond acceptors (Lipinski definition) is 4. The van der Waals surface area contributed by atoms with Crippen LogP contribution in [-0.2, 0) is 20.3 Å². The van der Waals surface area contributed by atoms with Gasteiger partial charge in [-0.1, -0.05) is 49.6 Å². The van der Waals surface area contributed by atoms with Crippen LogP contribution in [0.15, 0.2) is 30.3 Å². The summed E-state index contributed by atoms with van der Waals surface area (Å²) in [6, 6.07) is 9.96. The molecule has 0 spiro atoms. The third kappa shape index (κ3) is 4.83. The van der Waals surface area contributed by atoms with E-state index in [1.54, 1.807) is 0 Å². The Morgan fingerprint density at radius 3 is 2.61 bits per heavy atom. The summed E-state index contributed by atoms with van der Waals surface area (Å²) < 4.78 is 21.7. The molecule has 0 radical (unpaired) electrons. The van der Waals surface area contributed by atoms with Gasteiger partial charge in [-0.05, 0) is 23.0 Å². The molecule has 0 aliphatic heterocycles. The van der Waals surface area contributed by atoms with E-state index in [4.69, 9.17) is 9.15 Å². The molecule has 4 nitrogen and oxygen atoms in total. The molecule has 1 aromatic carbocycles. The summed E-state index contributed by atoms with van der Waals surface area (Å²) in [5.41, 5.74) is 3.84. The van der Waals surface area contributed by atoms with Crippen molar-refractivity contribution in [2.75, 3.05) is 0 Å². The molecular formula is C13H19NO3P+. The molecule has 1 N–H and O–H groups in total. The minimum atomic E-state index is -2.09. The third-order valence-electron chi connectivity index (χ3n) is 3.08. The van der Waals surface area contributed by atoms with Gasteiger partial charge < -0.3 is 0 Å². The van der Waals surface area contributed by atoms with E-state index < -0.39 is 8.25 Å². The molecule has 1 unspecified atom stereocenters. The highest BCUT2D eigenvalue weighted by Gasteiger charge is 2.24. The van der Waals surface area contributed by atoms with E-state index in [1.807, 2.05) is 30.3 Å². The minimum Gasteiger partial charge on any atom is -0.146 e. The topological polar surface area (TPSA) is 47.6 Å². The zero-order chi connectivity index (χ0) is 12.6. The predicted octanol–water partition coefficient (Wildman–Crippen LogP) is 3.71. The lowest BCUT2D eigenvalue weighted by Crippen LogP contribution is -2.29. The van der Waals surface area contributed by atoms with Crippen LogP contribution < -0.4 is 5.48 Å². The molecule has 98 valence electrons. The van der Waals surface area contributed by atoms with Gasteiger partial charge in [0.05, 0.1) is 0 Å². The molecule has 1 aliphatic carbocycles. The number of nitrogens with one attached hydrogen (secondary N) is 1. The van der Waals surface area contributed by atoms with Crippen LogP contribution in [-0.4, -0.2) is 6.04 Å². The average Bonchev–Trinajstić information content (AvgIpc) is 2.45. The molecule has 0 saturated heterocycles. The van der Waals surface area contributed by atoms with Gasteiger partial charge in [0, 0.05) is 10.6 Å². The number of hydroxylamine groups is 1. The van der Waals surface area contributed by atoms with Crippen molar-refractivity contribution in [3.63, 3.8) is 0 Å². The summed E-state index contributed by atoms with van der Waals surface area (Å²) >= 11 is 0. The average molecular weight is 268 g/mol. The zero-order valence-corrected chi connectivity index (χ0v) is 11.3. The van der Waals surface area contributed by atoms with E-state index in [2.05, 4.69) is 5.48 Å². The smallest absolute Gasteiger partial charge is 0.146 e. The molecule has 1 saturated carbocycles. The normalized spacial score (nSPS) is 17.7. The van der Waals surface area contributed by atoms with Crippen molar-refractivity contribution < 1.29 is 13.7 Å². The summed E-state index contributed by atoms with van der Waals surface area (Å²) in [7, 11) is -2.09. The summed E-state index contributed by atoms with van der Waals surface area (Å²) in [6.45, 7) is 0.308. The SMILES string of the molecule is O=[P+](OCc1ccccc1)ONC1CCCCC1. The lowest BCUT2D eigenvalue weighted by Gasteiger charge is -2.18. The summed E-state index contributed by atoms with van der Waals surface area (Å²) in [4.78, 5) is 0. The standard InChI is InChI=1S/C13H19NO3P/c15-18(16-11-12-7-3-1-4-8-12)17-14-13-9-5-2-6-10-13/h1,3-4,7-8,13-14H,2,5-6,9-11H2/q+1. The van der Waals surface area contributed by atoms with Gasteiger partial charge in [-0.25, -0.2) is 0 Å². The van der Waals surface area contributed by atoms with Crippen LogP contribution in [0.2, 0.25) is 0 Å². The van der Waals surface area contributed by atoms with Crippen molar-refractivity contribution in [1.82, 2.24) is 5.48 Å². The van der Waals surface area contributed by atoms with Gasteiger partial charge in [-0.15, -0.1) is 10.0 Å². The summed E-state index contributed by atoms with van der Waals surface area (Å²) in [5.74, 6) is 0. The highest BCUT2D eigenvalue weighted by molar-refractivity contribution is 7.33. The van der Waals surface area contributed by atoms with Gasteiger partial charge in [-0.3, -0.25) is 0 Å². The van der Waals surface area contributed by atoms with Crippen molar-refractivity contribution in [3.05, 3.63) is 35.9 Å². The quantitative estimate of drug-likeness (QED) is 0.631. The van der Waals surface area contributed by atoms with Gasteiger partial charge >= 0.3 is 8.25 Å². The van der Waals surface area contributed by atoms with Gasteiger partial charge in [0.15, 0.2) is 0 Å². The second-order valence-corrected chi connectivity index (χ2v) is 5.41. The summed E-state index contributed by atoms with van der Waals surface area (Å²) in [5, 5.41) is 0. The van der Waals surface area contributed by atoms with Crippen LogP contribution in [0.5, 0.6) is 0 Å². The van der Waals surface area contributed by atoms with Crippen LogP contribution in [0.1, 0.15) is 37.7 Å². The Hall–Kier alpha value is -0.800. The maximum absolute atomic E-state index is 11.5. The second-order valence-electron chi connectivity index (χ2n) is 4.53. The van der Waals surface area contributed by atoms with Crippen LogP contribution in [0.25, 0.3) is 0 Å². The predicted molar refractivity (Wildman–Crippen MR) is 69.9 cm³/mol. The Labute approximate surface area is 109 Å². The van der Waals surface area contributed by atoms with Crippen LogP contribution in [0, 0.1) is 0 Å². The van der Waals surface area contributed by atoms with Gasteiger partial charge in [0.1, 0.15) is 6.61 Å². The molecule has 0 amide bonds. The van der Waals surface area contributed by atoms with E-state index in [0.29, 0.717) is 12.6 Å². The van der Waals surface area contributed by atoms with Crippen molar-refractivity contribution in [2.45, 2.75) is 44.8 Å². The first kappa shape index (κ1) is 13.6. The van der Waals surface area contributed by atoms with E-state index in [-0.39, 0.29) is 0 Å². The molecule has 18 heavy (non-hydrogen) atoms. The van der Waals surface area contributed by atoms with E-state index in [0.717, 1.165) is 18.4 Å². The Morgan fingerprint density at radius 1 is 1.17 bits per heavy atom. The van der Waals surface area contributed by atoms with Crippen molar-refractivity contribution in [1.29, 1.82) is 0 Å². The van der Waals surface area contributed by atoms with Crippen LogP contribution in [0.3, 0.4) is 0 Å². The molecule has 0 aromatic heterocycles. The minimum absolute atomic E-state index is 0.308. The van der Waals surface area contributed by atoms with E-state index >= 15 is 0 Å². The number of hydrogen-bond donors (Lipinski definition) is 1. The van der Waals surface area contributed by atoms with Crippen LogP contribution >= 0.6 is 8.25 Å². The van der Waals surface area contributed by atoms with Gasteiger partial charge in [0.2, 0.25) is 0 Å². The van der Waals surface area contributed by atoms with Crippen LogP contribution in [0.4, 0.5) is 0 Å². The van der Waals surface area contributed by atoms with Crippen molar-refractivity contribution in [2.24, 2.45) is 0 Å². The fourth-order valence-corrected chi connectivity index (χ4v) is 2.61. The van der Waals surface area contributed by atoms with Gasteiger partial charge in [0.25, 0.3) is 0 Å². The number of benzene rings is 1. The first-order valence-electron chi connectivity index (χ1n) is 6.41. The zero-order valence-electron chi connectivity index (χ0n) is 10.4. The molecular weight excluding hydrogens is 249 g/mol. The molecule has 1 atom stereocenters. The maximum Gasteiger partial charge on any atom is 0.716 e. The van der Waals surface area contributed by atoms with E-state index in [1.165, 1.54) is 19.3 Å². The van der Waals surface area contributed by atoms with Crippen molar-refractivity contribution >= 4 is 8.25 Å². The lowest BCUT2D eigenvalue weighted by atomic mass is 9.96. The van der Waals surface area contributed by atoms with E-state index in [9.17, 15) is 4.57 Å². The highest BCUT2D eigenvalue weighted by Crippen LogP contribution is 2.26. The number of rotatable bonds is 6. The first-order valence-corrected chi connectivity index (χ1v) is 7.51. The molecule has 1 fully saturated rings. The van der Waals surface area contributed by atoms with Gasteiger partial charge in [-0.2, -0.15) is 0 Å². The molecule has 0 bridgehead atoms. The monoisotopic (exact) mass is 268 g/mol. The lowest BCUT2D eigenvalue weighted by molar-refractivity contribution is 0.109. The molecule has 1 aliphatic rings. The Balaban J connectivity index is 1.63. The molecule has 5 heteroatoms. The molecule has 1 aromatic rings. The summed E-state index contributed by atoms with van der Waals surface area (Å²) in [6.07, 6.45) is 5.88. The second kappa shape index (κ2) is 7.59. The highest BCUT2D eigenvalue weighted by atomic mass is 31.1. The molecule has 2 rings (SSSR count). The van der Waals surface area contributed by atoms with Crippen molar-refractivity contribution in [3.8, 4) is 0 Å². The first-order chi connectivity index (χ1) is 8.84. The fraction of sp³-hybridized carbons (Fsp3) is 0.538. The largest absolute Gasteiger partial charge is 0.716 e. The Morgan fingerprint density at radius 2 is 1.89 bits per heavy atom. The molecule has 0 heterocycles. The fourth-order valence-electron chi connectivity index (χ4n) is 2.07.